The summed E-state index contributed by atoms with van der Waals surface area (Å²) in [5, 5.41) is 0. The van der Waals surface area contributed by atoms with Crippen LogP contribution in [-0.2, 0) is 4.43 Å². The van der Waals surface area contributed by atoms with Gasteiger partial charge in [0.2, 0.25) is 0 Å². The highest BCUT2D eigenvalue weighted by molar-refractivity contribution is 6.50. The smallest absolute Gasteiger partial charge is 0.175 e. The Morgan fingerprint density at radius 3 is 2.56 bits per heavy atom. The first-order valence-electron chi connectivity index (χ1n) is 3.04. The maximum absolute atomic E-state index is 5.48. The minimum Gasteiger partial charge on any atom is -0.407 e. The molecule has 0 aromatic carbocycles. The molecule has 56 valence electrons. The Kier molecular flexibility index (Phi) is 7.45. The van der Waals surface area contributed by atoms with E-state index in [2.05, 4.69) is 6.55 Å². The van der Waals surface area contributed by atoms with Gasteiger partial charge in [-0.05, 0) is 19.0 Å². The van der Waals surface area contributed by atoms with Crippen LogP contribution in [0.2, 0.25) is 12.6 Å². The van der Waals surface area contributed by atoms with Gasteiger partial charge in [0.1, 0.15) is 6.07 Å². The maximum Gasteiger partial charge on any atom is 0.175 e. The zero-order chi connectivity index (χ0) is 7.11. The predicted molar refractivity (Wildman–Crippen MR) is 45.0 cm³/mol. The van der Waals surface area contributed by atoms with Crippen molar-refractivity contribution >= 4 is 32.2 Å². The first kappa shape index (κ1) is 9.76. The van der Waals surface area contributed by atoms with Gasteiger partial charge in [-0.3, -0.25) is 0 Å². The Morgan fingerprint density at radius 2 is 2.11 bits per heavy atom. The normalized spacial score (nSPS) is 13.7. The van der Waals surface area contributed by atoms with Crippen molar-refractivity contribution in [1.29, 1.82) is 0 Å². The fourth-order valence-corrected chi connectivity index (χ4v) is 2.77. The average molecular weight is 187 g/mol. The Hall–Kier alpha value is 0.757. The summed E-state index contributed by atoms with van der Waals surface area (Å²) in [6, 6.07) is 1.48. The van der Waals surface area contributed by atoms with E-state index in [0.29, 0.717) is 6.07 Å². The lowest BCUT2D eigenvalue weighted by atomic mass is 10.6. The fourth-order valence-electron chi connectivity index (χ4n) is 0.555. The molecular formula is C5H12Cl2OSi. The lowest BCUT2D eigenvalue weighted by Gasteiger charge is -2.05. The molecule has 0 radical (unpaired) electrons. The highest BCUT2D eigenvalue weighted by atomic mass is 35.5. The second-order valence-corrected chi connectivity index (χ2v) is 5.05. The first-order valence-corrected chi connectivity index (χ1v) is 6.56. The lowest BCUT2D eigenvalue weighted by molar-refractivity contribution is 0.395. The van der Waals surface area contributed by atoms with E-state index in [0.717, 1.165) is 18.3 Å². The molecule has 0 aliphatic carbocycles. The second kappa shape index (κ2) is 6.87. The molecule has 0 fully saturated rings. The molecule has 0 bridgehead atoms. The summed E-state index contributed by atoms with van der Waals surface area (Å²) in [6.07, 6.45) is 1.06. The molecular weight excluding hydrogens is 175 g/mol. The molecule has 0 rings (SSSR count). The molecule has 0 saturated heterocycles. The van der Waals surface area contributed by atoms with Crippen LogP contribution in [0.5, 0.6) is 0 Å². The average Bonchev–Trinajstić information content (AvgIpc) is 1.85. The molecule has 0 spiro atoms. The van der Waals surface area contributed by atoms with E-state index in [1.807, 2.05) is 0 Å². The zero-order valence-electron chi connectivity index (χ0n) is 5.57. The standard InChI is InChI=1S/C5H12Cl2OSi/c1-9(8-5-7)4-2-3-6/h9H,2-5H2,1H3. The van der Waals surface area contributed by atoms with Crippen LogP contribution in [0.1, 0.15) is 6.42 Å². The summed E-state index contributed by atoms with van der Waals surface area (Å²) in [7, 11) is -0.936. The van der Waals surface area contributed by atoms with Gasteiger partial charge in [-0.1, -0.05) is 11.6 Å². The van der Waals surface area contributed by atoms with Gasteiger partial charge in [0.15, 0.2) is 9.04 Å². The third-order valence-electron chi connectivity index (χ3n) is 1.09. The molecule has 0 heterocycles. The van der Waals surface area contributed by atoms with E-state index < -0.39 is 9.04 Å². The van der Waals surface area contributed by atoms with Gasteiger partial charge in [-0.15, -0.1) is 11.6 Å². The first-order chi connectivity index (χ1) is 4.31. The molecule has 0 saturated carbocycles. The minimum absolute atomic E-state index is 0.343. The van der Waals surface area contributed by atoms with E-state index in [9.17, 15) is 0 Å². The Morgan fingerprint density at radius 1 is 1.44 bits per heavy atom. The van der Waals surface area contributed by atoms with Crippen molar-refractivity contribution < 1.29 is 4.43 Å². The third-order valence-corrected chi connectivity index (χ3v) is 3.65. The SMILES string of the molecule is C[SiH](CCCCl)OCCl. The van der Waals surface area contributed by atoms with Crippen molar-refractivity contribution in [3.8, 4) is 0 Å². The molecule has 0 aliphatic rings. The molecule has 9 heavy (non-hydrogen) atoms. The van der Waals surface area contributed by atoms with Crippen molar-refractivity contribution in [2.24, 2.45) is 0 Å². The van der Waals surface area contributed by atoms with Crippen molar-refractivity contribution in [1.82, 2.24) is 0 Å². The number of rotatable bonds is 5. The largest absolute Gasteiger partial charge is 0.407 e. The highest BCUT2D eigenvalue weighted by Gasteiger charge is 2.01. The third kappa shape index (κ3) is 6.64. The molecule has 1 unspecified atom stereocenters. The van der Waals surface area contributed by atoms with Crippen LogP contribution in [0.3, 0.4) is 0 Å². The molecule has 0 aliphatic heterocycles. The van der Waals surface area contributed by atoms with Crippen LogP contribution in [0, 0.1) is 0 Å². The van der Waals surface area contributed by atoms with Gasteiger partial charge in [-0.2, -0.15) is 0 Å². The number of hydrogen-bond donors (Lipinski definition) is 0. The molecule has 0 aromatic rings. The number of alkyl halides is 2. The number of hydrogen-bond acceptors (Lipinski definition) is 1. The van der Waals surface area contributed by atoms with Crippen LogP contribution in [0.4, 0.5) is 0 Å². The minimum atomic E-state index is -0.936. The van der Waals surface area contributed by atoms with Gasteiger partial charge in [-0.25, -0.2) is 0 Å². The maximum atomic E-state index is 5.48. The van der Waals surface area contributed by atoms with E-state index >= 15 is 0 Å². The van der Waals surface area contributed by atoms with Crippen molar-refractivity contribution in [3.63, 3.8) is 0 Å². The van der Waals surface area contributed by atoms with E-state index in [1.165, 1.54) is 0 Å². The molecule has 4 heteroatoms. The van der Waals surface area contributed by atoms with Gasteiger partial charge < -0.3 is 4.43 Å². The molecule has 0 amide bonds. The van der Waals surface area contributed by atoms with Gasteiger partial charge in [0.25, 0.3) is 0 Å². The van der Waals surface area contributed by atoms with Crippen LogP contribution in [-0.4, -0.2) is 21.0 Å². The molecule has 1 atom stereocenters. The number of halogens is 2. The zero-order valence-corrected chi connectivity index (χ0v) is 8.24. The summed E-state index contributed by atoms with van der Waals surface area (Å²) >= 11 is 10.8. The quantitative estimate of drug-likeness (QED) is 0.473. The lowest BCUT2D eigenvalue weighted by Crippen LogP contribution is -2.11. The molecule has 0 N–H and O–H groups in total. The van der Waals surface area contributed by atoms with E-state index in [-0.39, 0.29) is 0 Å². The van der Waals surface area contributed by atoms with Gasteiger partial charge in [0.05, 0.1) is 0 Å². The van der Waals surface area contributed by atoms with E-state index in [1.54, 1.807) is 0 Å². The highest BCUT2D eigenvalue weighted by Crippen LogP contribution is 2.00. The summed E-state index contributed by atoms with van der Waals surface area (Å²) < 4.78 is 5.19. The summed E-state index contributed by atoms with van der Waals surface area (Å²) in [5.41, 5.74) is 0. The summed E-state index contributed by atoms with van der Waals surface area (Å²) in [4.78, 5) is 0. The second-order valence-electron chi connectivity index (χ2n) is 1.92. The van der Waals surface area contributed by atoms with E-state index in [4.69, 9.17) is 27.6 Å². The van der Waals surface area contributed by atoms with Crippen LogP contribution in [0.15, 0.2) is 0 Å². The van der Waals surface area contributed by atoms with Crippen molar-refractivity contribution in [2.75, 3.05) is 11.9 Å². The predicted octanol–water partition coefficient (Wildman–Crippen LogP) is 2.18. The Bertz CT molecular complexity index is 62.9. The van der Waals surface area contributed by atoms with Crippen molar-refractivity contribution in [3.05, 3.63) is 0 Å². The van der Waals surface area contributed by atoms with Crippen LogP contribution >= 0.6 is 23.2 Å². The topological polar surface area (TPSA) is 9.23 Å². The molecule has 0 aromatic heterocycles. The Balaban J connectivity index is 2.95. The van der Waals surface area contributed by atoms with Gasteiger partial charge >= 0.3 is 0 Å². The molecule has 1 nitrogen and oxygen atoms in total. The monoisotopic (exact) mass is 186 g/mol. The Labute approximate surface area is 68.0 Å². The van der Waals surface area contributed by atoms with Crippen molar-refractivity contribution in [2.45, 2.75) is 19.0 Å². The summed E-state index contributed by atoms with van der Waals surface area (Å²) in [6.45, 7) is 2.13. The van der Waals surface area contributed by atoms with Crippen LogP contribution in [0.25, 0.3) is 0 Å². The van der Waals surface area contributed by atoms with Crippen LogP contribution < -0.4 is 0 Å². The van der Waals surface area contributed by atoms with Gasteiger partial charge in [0, 0.05) is 5.88 Å². The fraction of sp³-hybridized carbons (Fsp3) is 1.00. The summed E-state index contributed by atoms with van der Waals surface area (Å²) in [5.74, 6) is 0.739.